The van der Waals surface area contributed by atoms with Gasteiger partial charge in [-0.3, -0.25) is 15.6 Å². The van der Waals surface area contributed by atoms with Gasteiger partial charge < -0.3 is 4.90 Å². The molecule has 1 aromatic heterocycles. The fourth-order valence-electron chi connectivity index (χ4n) is 3.38. The van der Waals surface area contributed by atoms with Crippen molar-refractivity contribution in [1.82, 2.24) is 15.8 Å². The molecule has 2 atom stereocenters. The summed E-state index contributed by atoms with van der Waals surface area (Å²) in [4.78, 5) is 16.4. The van der Waals surface area contributed by atoms with Crippen molar-refractivity contribution < 1.29 is 4.79 Å². The van der Waals surface area contributed by atoms with Crippen LogP contribution in [0.5, 0.6) is 0 Å². The molecule has 2 fully saturated rings. The van der Waals surface area contributed by atoms with Crippen molar-refractivity contribution in [2.75, 3.05) is 13.1 Å². The average Bonchev–Trinajstić information content (AvgIpc) is 2.98. The molecule has 1 saturated heterocycles. The summed E-state index contributed by atoms with van der Waals surface area (Å²) in [6, 6.07) is 14.8. The number of carbonyl (C=O) groups is 1. The molecule has 2 aliphatic rings. The first-order valence-electron chi connectivity index (χ1n) is 8.16. The normalized spacial score (nSPS) is 23.8. The van der Waals surface area contributed by atoms with Gasteiger partial charge in [0.25, 0.3) is 0 Å². The Kier molecular flexibility index (Phi) is 4.16. The van der Waals surface area contributed by atoms with E-state index in [0.717, 1.165) is 26.1 Å². The lowest BCUT2D eigenvalue weighted by Crippen LogP contribution is -2.43. The summed E-state index contributed by atoms with van der Waals surface area (Å²) in [5.74, 6) is 0.859. The average molecular weight is 327 g/mol. The van der Waals surface area contributed by atoms with Crippen LogP contribution in [0.3, 0.4) is 0 Å². The van der Waals surface area contributed by atoms with Gasteiger partial charge in [0.05, 0.1) is 12.6 Å². The van der Waals surface area contributed by atoms with Crippen LogP contribution >= 0.6 is 11.3 Å². The van der Waals surface area contributed by atoms with Crippen molar-refractivity contribution >= 4 is 17.2 Å². The van der Waals surface area contributed by atoms with Crippen LogP contribution in [0.4, 0.5) is 0 Å². The predicted octanol–water partition coefficient (Wildman–Crippen LogP) is 2.36. The number of nitrogens with zero attached hydrogens (tertiary/aromatic N) is 1. The molecule has 1 aliphatic heterocycles. The molecule has 23 heavy (non-hydrogen) atoms. The van der Waals surface area contributed by atoms with Crippen molar-refractivity contribution in [2.45, 2.75) is 24.9 Å². The van der Waals surface area contributed by atoms with Crippen LogP contribution in [0.1, 0.15) is 22.8 Å². The van der Waals surface area contributed by atoms with E-state index in [1.165, 1.54) is 10.4 Å². The van der Waals surface area contributed by atoms with Crippen LogP contribution in [-0.2, 0) is 11.3 Å². The minimum atomic E-state index is 0.151. The Hall–Kier alpha value is -1.69. The van der Waals surface area contributed by atoms with Gasteiger partial charge in [-0.2, -0.15) is 0 Å². The molecule has 1 aromatic carbocycles. The van der Waals surface area contributed by atoms with E-state index in [2.05, 4.69) is 57.5 Å². The Morgan fingerprint density at radius 3 is 2.61 bits per heavy atom. The Labute approximate surface area is 140 Å². The lowest BCUT2D eigenvalue weighted by Gasteiger charge is -2.28. The molecule has 0 radical (unpaired) electrons. The first-order valence-corrected chi connectivity index (χ1v) is 9.04. The molecule has 4 nitrogen and oxygen atoms in total. The van der Waals surface area contributed by atoms with E-state index < -0.39 is 0 Å². The smallest absolute Gasteiger partial charge is 0.226 e. The summed E-state index contributed by atoms with van der Waals surface area (Å²) >= 11 is 1.72. The van der Waals surface area contributed by atoms with Crippen molar-refractivity contribution in [1.29, 1.82) is 0 Å². The lowest BCUT2D eigenvalue weighted by atomic mass is 10.1. The third kappa shape index (κ3) is 3.17. The number of thiophene rings is 1. The SMILES string of the molecule is O=C([C@H]1C[C@@H]1c1ccccc1)N(Cc1cccs1)C1CNNC1. The Morgan fingerprint density at radius 2 is 1.91 bits per heavy atom. The molecule has 1 aliphatic carbocycles. The molecule has 2 N–H and O–H groups in total. The van der Waals surface area contributed by atoms with E-state index >= 15 is 0 Å². The Morgan fingerprint density at radius 1 is 1.13 bits per heavy atom. The van der Waals surface area contributed by atoms with Gasteiger partial charge in [-0.15, -0.1) is 11.3 Å². The predicted molar refractivity (Wildman–Crippen MR) is 92.0 cm³/mol. The van der Waals surface area contributed by atoms with Crippen LogP contribution in [-0.4, -0.2) is 29.9 Å². The van der Waals surface area contributed by atoms with Gasteiger partial charge in [-0.1, -0.05) is 36.4 Å². The number of hydrogen-bond donors (Lipinski definition) is 2. The number of nitrogens with one attached hydrogen (secondary N) is 2. The summed E-state index contributed by atoms with van der Waals surface area (Å²) in [5, 5.41) is 2.08. The lowest BCUT2D eigenvalue weighted by molar-refractivity contribution is -0.135. The standard InChI is InChI=1S/C18H21N3OS/c22-18(17-9-16(17)13-5-2-1-3-6-13)21(14-10-19-20-11-14)12-15-7-4-8-23-15/h1-8,14,16-17,19-20H,9-12H2/t16-,17+/m1/s1. The highest BCUT2D eigenvalue weighted by atomic mass is 32.1. The molecule has 120 valence electrons. The fourth-order valence-corrected chi connectivity index (χ4v) is 4.08. The van der Waals surface area contributed by atoms with E-state index in [1.807, 2.05) is 6.07 Å². The quantitative estimate of drug-likeness (QED) is 0.886. The Balaban J connectivity index is 1.49. The molecule has 0 spiro atoms. The third-order valence-electron chi connectivity index (χ3n) is 4.77. The molecule has 0 bridgehead atoms. The highest BCUT2D eigenvalue weighted by Gasteiger charge is 2.47. The second kappa shape index (κ2) is 6.43. The van der Waals surface area contributed by atoms with E-state index in [9.17, 15) is 4.79 Å². The zero-order valence-corrected chi connectivity index (χ0v) is 13.8. The van der Waals surface area contributed by atoms with Gasteiger partial charge in [0.15, 0.2) is 0 Å². The monoisotopic (exact) mass is 327 g/mol. The van der Waals surface area contributed by atoms with Crippen molar-refractivity contribution in [3.8, 4) is 0 Å². The summed E-state index contributed by atoms with van der Waals surface area (Å²) in [7, 11) is 0. The maximum absolute atomic E-state index is 13.1. The second-order valence-corrected chi connectivity index (χ2v) is 7.35. The Bertz CT molecular complexity index is 652. The zero-order valence-electron chi connectivity index (χ0n) is 12.9. The third-order valence-corrected chi connectivity index (χ3v) is 5.63. The number of amides is 1. The van der Waals surface area contributed by atoms with E-state index in [0.29, 0.717) is 11.8 Å². The second-order valence-electron chi connectivity index (χ2n) is 6.32. The van der Waals surface area contributed by atoms with Gasteiger partial charge in [-0.05, 0) is 29.3 Å². The molecule has 1 amide bonds. The first-order chi connectivity index (χ1) is 11.3. The van der Waals surface area contributed by atoms with Crippen molar-refractivity contribution in [2.24, 2.45) is 5.92 Å². The molecule has 2 aromatic rings. The summed E-state index contributed by atoms with van der Waals surface area (Å²) in [6.07, 6.45) is 0.983. The molecule has 0 unspecified atom stereocenters. The summed E-state index contributed by atoms with van der Waals surface area (Å²) < 4.78 is 0. The molecular formula is C18H21N3OS. The van der Waals surface area contributed by atoms with Crippen molar-refractivity contribution in [3.63, 3.8) is 0 Å². The number of hydrazine groups is 1. The number of rotatable bonds is 5. The van der Waals surface area contributed by atoms with E-state index in [1.54, 1.807) is 11.3 Å². The van der Waals surface area contributed by atoms with Crippen molar-refractivity contribution in [3.05, 3.63) is 58.3 Å². The van der Waals surface area contributed by atoms with Gasteiger partial charge in [-0.25, -0.2) is 0 Å². The molecule has 2 heterocycles. The van der Waals surface area contributed by atoms with Crippen LogP contribution in [0.2, 0.25) is 0 Å². The largest absolute Gasteiger partial charge is 0.332 e. The maximum atomic E-state index is 13.1. The van der Waals surface area contributed by atoms with Gasteiger partial charge >= 0.3 is 0 Å². The molecule has 4 rings (SSSR count). The minimum absolute atomic E-state index is 0.151. The number of hydrogen-bond acceptors (Lipinski definition) is 4. The number of carbonyl (C=O) groups excluding carboxylic acids is 1. The van der Waals surface area contributed by atoms with Crippen LogP contribution in [0.25, 0.3) is 0 Å². The minimum Gasteiger partial charge on any atom is -0.332 e. The summed E-state index contributed by atoms with van der Waals surface area (Å²) in [6.45, 7) is 2.36. The summed E-state index contributed by atoms with van der Waals surface area (Å²) in [5.41, 5.74) is 7.59. The molecular weight excluding hydrogens is 306 g/mol. The highest BCUT2D eigenvalue weighted by molar-refractivity contribution is 7.09. The van der Waals surface area contributed by atoms with Crippen LogP contribution in [0.15, 0.2) is 47.8 Å². The number of benzene rings is 1. The van der Waals surface area contributed by atoms with Gasteiger partial charge in [0.1, 0.15) is 0 Å². The van der Waals surface area contributed by atoms with E-state index in [-0.39, 0.29) is 12.0 Å². The topological polar surface area (TPSA) is 44.4 Å². The maximum Gasteiger partial charge on any atom is 0.226 e. The highest BCUT2D eigenvalue weighted by Crippen LogP contribution is 2.48. The van der Waals surface area contributed by atoms with Crippen LogP contribution in [0, 0.1) is 5.92 Å². The molecule has 5 heteroatoms. The van der Waals surface area contributed by atoms with E-state index in [4.69, 9.17) is 0 Å². The van der Waals surface area contributed by atoms with Gasteiger partial charge in [0, 0.05) is 23.9 Å². The molecule has 1 saturated carbocycles. The first kappa shape index (κ1) is 14.9. The zero-order chi connectivity index (χ0) is 15.6. The fraction of sp³-hybridized carbons (Fsp3) is 0.389. The van der Waals surface area contributed by atoms with Crippen LogP contribution < -0.4 is 10.9 Å². The van der Waals surface area contributed by atoms with Gasteiger partial charge in [0.2, 0.25) is 5.91 Å².